The van der Waals surface area contributed by atoms with Crippen LogP contribution in [0.5, 0.6) is 0 Å². The standard InChI is InChI=1S/C13H19Cl2N3O2S/c1-2-18-5-3-10(4-6-18)17-21(19,20)13-11(15)7-9(14)8-12(13)16/h7-8,10,17H,2-6,16H2,1H3. The van der Waals surface area contributed by atoms with Gasteiger partial charge < -0.3 is 10.6 Å². The minimum atomic E-state index is -3.75. The minimum absolute atomic E-state index is 0.0403. The number of nitrogens with zero attached hydrogens (tertiary/aromatic N) is 1. The van der Waals surface area contributed by atoms with Crippen molar-refractivity contribution in [1.29, 1.82) is 0 Å². The lowest BCUT2D eigenvalue weighted by Crippen LogP contribution is -2.44. The second kappa shape index (κ2) is 6.71. The molecule has 1 aliphatic heterocycles. The predicted octanol–water partition coefficient (Wildman–Crippen LogP) is 2.34. The third-order valence-corrected chi connectivity index (χ3v) is 5.93. The van der Waals surface area contributed by atoms with E-state index < -0.39 is 10.0 Å². The van der Waals surface area contributed by atoms with E-state index in [-0.39, 0.29) is 21.6 Å². The smallest absolute Gasteiger partial charge is 0.244 e. The highest BCUT2D eigenvalue weighted by atomic mass is 35.5. The zero-order chi connectivity index (χ0) is 15.6. The van der Waals surface area contributed by atoms with E-state index in [4.69, 9.17) is 28.9 Å². The van der Waals surface area contributed by atoms with Crippen LogP contribution in [-0.4, -0.2) is 39.0 Å². The SMILES string of the molecule is CCN1CCC(NS(=O)(=O)c2c(N)cc(Cl)cc2Cl)CC1. The molecule has 0 bridgehead atoms. The van der Waals surface area contributed by atoms with Gasteiger partial charge in [-0.05, 0) is 44.6 Å². The molecule has 1 aliphatic rings. The van der Waals surface area contributed by atoms with E-state index in [1.165, 1.54) is 12.1 Å². The molecule has 0 amide bonds. The molecule has 0 spiro atoms. The highest BCUT2D eigenvalue weighted by Crippen LogP contribution is 2.31. The fraction of sp³-hybridized carbons (Fsp3) is 0.538. The Labute approximate surface area is 135 Å². The Balaban J connectivity index is 2.16. The molecule has 0 aromatic heterocycles. The van der Waals surface area contributed by atoms with Crippen molar-refractivity contribution in [3.8, 4) is 0 Å². The molecule has 1 aromatic rings. The van der Waals surface area contributed by atoms with Crippen molar-refractivity contribution in [3.63, 3.8) is 0 Å². The van der Waals surface area contributed by atoms with Crippen LogP contribution in [0.3, 0.4) is 0 Å². The Bertz CT molecular complexity index is 591. The molecule has 1 saturated heterocycles. The van der Waals surface area contributed by atoms with Gasteiger partial charge in [0, 0.05) is 11.1 Å². The lowest BCUT2D eigenvalue weighted by molar-refractivity contribution is 0.217. The first-order valence-electron chi connectivity index (χ1n) is 6.82. The fourth-order valence-corrected chi connectivity index (χ4v) is 4.80. The molecular formula is C13H19Cl2N3O2S. The summed E-state index contributed by atoms with van der Waals surface area (Å²) in [6.07, 6.45) is 1.55. The number of likely N-dealkylation sites (tertiary alicyclic amines) is 1. The fourth-order valence-electron chi connectivity index (χ4n) is 2.51. The molecule has 2 rings (SSSR count). The van der Waals surface area contributed by atoms with Gasteiger partial charge in [0.25, 0.3) is 0 Å². The van der Waals surface area contributed by atoms with Crippen molar-refractivity contribution in [2.24, 2.45) is 0 Å². The minimum Gasteiger partial charge on any atom is -0.398 e. The van der Waals surface area contributed by atoms with Crippen LogP contribution in [0.2, 0.25) is 10.0 Å². The molecule has 1 fully saturated rings. The summed E-state index contributed by atoms with van der Waals surface area (Å²) in [5.41, 5.74) is 5.82. The summed E-state index contributed by atoms with van der Waals surface area (Å²) < 4.78 is 27.6. The van der Waals surface area contributed by atoms with Crippen molar-refractivity contribution in [2.45, 2.75) is 30.7 Å². The first kappa shape index (κ1) is 16.8. The summed E-state index contributed by atoms with van der Waals surface area (Å²) >= 11 is 11.8. The van der Waals surface area contributed by atoms with E-state index in [0.29, 0.717) is 5.02 Å². The molecular weight excluding hydrogens is 333 g/mol. The van der Waals surface area contributed by atoms with Gasteiger partial charge in [-0.1, -0.05) is 30.1 Å². The molecule has 118 valence electrons. The number of sulfonamides is 1. The van der Waals surface area contributed by atoms with Gasteiger partial charge in [-0.15, -0.1) is 0 Å². The molecule has 0 saturated carbocycles. The van der Waals surface area contributed by atoms with Crippen LogP contribution in [0.4, 0.5) is 5.69 Å². The number of rotatable bonds is 4. The lowest BCUT2D eigenvalue weighted by Gasteiger charge is -2.31. The first-order valence-corrected chi connectivity index (χ1v) is 9.06. The van der Waals surface area contributed by atoms with Gasteiger partial charge in [-0.2, -0.15) is 0 Å². The van der Waals surface area contributed by atoms with Gasteiger partial charge in [-0.3, -0.25) is 0 Å². The predicted molar refractivity (Wildman–Crippen MR) is 86.3 cm³/mol. The summed E-state index contributed by atoms with van der Waals surface area (Å²) in [6.45, 7) is 4.84. The van der Waals surface area contributed by atoms with E-state index in [1.807, 2.05) is 0 Å². The molecule has 5 nitrogen and oxygen atoms in total. The van der Waals surface area contributed by atoms with Gasteiger partial charge in [0.1, 0.15) is 4.90 Å². The van der Waals surface area contributed by atoms with Crippen LogP contribution < -0.4 is 10.5 Å². The Morgan fingerprint density at radius 3 is 2.48 bits per heavy atom. The van der Waals surface area contributed by atoms with E-state index in [1.54, 1.807) is 0 Å². The number of hydrogen-bond donors (Lipinski definition) is 2. The number of benzene rings is 1. The Hall–Kier alpha value is -0.530. The van der Waals surface area contributed by atoms with Gasteiger partial charge in [-0.25, -0.2) is 13.1 Å². The van der Waals surface area contributed by atoms with E-state index >= 15 is 0 Å². The first-order chi connectivity index (χ1) is 9.83. The number of nitrogens with two attached hydrogens (primary N) is 1. The van der Waals surface area contributed by atoms with Crippen molar-refractivity contribution in [1.82, 2.24) is 9.62 Å². The van der Waals surface area contributed by atoms with Gasteiger partial charge in [0.15, 0.2) is 0 Å². The molecule has 8 heteroatoms. The van der Waals surface area contributed by atoms with Crippen molar-refractivity contribution in [3.05, 3.63) is 22.2 Å². The number of nitrogens with one attached hydrogen (secondary N) is 1. The number of halogens is 2. The quantitative estimate of drug-likeness (QED) is 0.816. The molecule has 1 aromatic carbocycles. The third-order valence-electron chi connectivity index (χ3n) is 3.66. The van der Waals surface area contributed by atoms with Crippen LogP contribution in [0.1, 0.15) is 19.8 Å². The van der Waals surface area contributed by atoms with Crippen LogP contribution in [-0.2, 0) is 10.0 Å². The van der Waals surface area contributed by atoms with E-state index in [9.17, 15) is 8.42 Å². The summed E-state index contributed by atoms with van der Waals surface area (Å²) in [5, 5.41) is 0.353. The maximum atomic E-state index is 12.5. The topological polar surface area (TPSA) is 75.4 Å². The van der Waals surface area contributed by atoms with Crippen LogP contribution >= 0.6 is 23.2 Å². The molecule has 0 atom stereocenters. The summed E-state index contributed by atoms with van der Waals surface area (Å²) in [5.74, 6) is 0. The summed E-state index contributed by atoms with van der Waals surface area (Å²) in [6, 6.07) is 2.68. The number of nitrogen functional groups attached to an aromatic ring is 1. The maximum Gasteiger partial charge on any atom is 0.244 e. The summed E-state index contributed by atoms with van der Waals surface area (Å²) in [7, 11) is -3.75. The average Bonchev–Trinajstić information content (AvgIpc) is 2.37. The molecule has 3 N–H and O–H groups in total. The van der Waals surface area contributed by atoms with Gasteiger partial charge >= 0.3 is 0 Å². The van der Waals surface area contributed by atoms with Crippen molar-refractivity contribution >= 4 is 38.9 Å². The summed E-state index contributed by atoms with van der Waals surface area (Å²) in [4.78, 5) is 2.19. The maximum absolute atomic E-state index is 12.5. The van der Waals surface area contributed by atoms with Crippen LogP contribution in [0, 0.1) is 0 Å². The highest BCUT2D eigenvalue weighted by molar-refractivity contribution is 7.89. The van der Waals surface area contributed by atoms with Crippen molar-refractivity contribution in [2.75, 3.05) is 25.4 Å². The normalized spacial score (nSPS) is 18.0. The van der Waals surface area contributed by atoms with E-state index in [2.05, 4.69) is 16.5 Å². The largest absolute Gasteiger partial charge is 0.398 e. The molecule has 0 radical (unpaired) electrons. The highest BCUT2D eigenvalue weighted by Gasteiger charge is 2.27. The number of anilines is 1. The number of hydrogen-bond acceptors (Lipinski definition) is 4. The number of piperidine rings is 1. The zero-order valence-corrected chi connectivity index (χ0v) is 14.1. The second-order valence-electron chi connectivity index (χ2n) is 5.14. The molecule has 1 heterocycles. The van der Waals surface area contributed by atoms with E-state index in [0.717, 1.165) is 32.5 Å². The van der Waals surface area contributed by atoms with Gasteiger partial charge in [0.2, 0.25) is 10.0 Å². The average molecular weight is 352 g/mol. The van der Waals surface area contributed by atoms with Crippen LogP contribution in [0.25, 0.3) is 0 Å². The van der Waals surface area contributed by atoms with Gasteiger partial charge in [0.05, 0.1) is 10.7 Å². The molecule has 0 unspecified atom stereocenters. The van der Waals surface area contributed by atoms with Crippen molar-refractivity contribution < 1.29 is 8.42 Å². The molecule has 0 aliphatic carbocycles. The second-order valence-corrected chi connectivity index (χ2v) is 7.63. The Morgan fingerprint density at radius 2 is 1.95 bits per heavy atom. The zero-order valence-electron chi connectivity index (χ0n) is 11.8. The Morgan fingerprint density at radius 1 is 1.33 bits per heavy atom. The lowest BCUT2D eigenvalue weighted by atomic mass is 10.1. The Kier molecular flexibility index (Phi) is 5.38. The monoisotopic (exact) mass is 351 g/mol. The third kappa shape index (κ3) is 4.02. The molecule has 21 heavy (non-hydrogen) atoms. The van der Waals surface area contributed by atoms with Crippen LogP contribution in [0.15, 0.2) is 17.0 Å².